The average molecular weight is 162 g/mol. The van der Waals surface area contributed by atoms with E-state index in [1.165, 1.54) is 32.1 Å². The van der Waals surface area contributed by atoms with E-state index < -0.39 is 0 Å². The largest absolute Gasteiger partial charge is 0.328 e. The Labute approximate surface area is 68.8 Å². The number of nitrogens with two attached hydrogens (primary N) is 1. The zero-order valence-electron chi connectivity index (χ0n) is 6.25. The van der Waals surface area contributed by atoms with E-state index in [4.69, 9.17) is 5.73 Å². The fourth-order valence-corrected chi connectivity index (χ4v) is 2.02. The highest BCUT2D eigenvalue weighted by molar-refractivity contribution is 5.85. The standard InChI is InChI=1S/C8H15N.ClH/c9-8-3-1-6-5-7(6)2-4-8;/h6-8H,1-5,9H2;1H. The van der Waals surface area contributed by atoms with E-state index in [2.05, 4.69) is 0 Å². The van der Waals surface area contributed by atoms with Crippen LogP contribution in [-0.2, 0) is 0 Å². The maximum atomic E-state index is 5.82. The molecule has 2 fully saturated rings. The van der Waals surface area contributed by atoms with Crippen LogP contribution < -0.4 is 5.73 Å². The second-order valence-electron chi connectivity index (χ2n) is 3.67. The molecule has 0 aromatic carbocycles. The Morgan fingerprint density at radius 1 is 0.900 bits per heavy atom. The molecule has 2 rings (SSSR count). The van der Waals surface area contributed by atoms with Gasteiger partial charge in [-0.05, 0) is 43.9 Å². The van der Waals surface area contributed by atoms with Crippen LogP contribution in [0.15, 0.2) is 0 Å². The minimum absolute atomic E-state index is 0. The van der Waals surface area contributed by atoms with Crippen molar-refractivity contribution in [1.82, 2.24) is 0 Å². The molecule has 0 bridgehead atoms. The summed E-state index contributed by atoms with van der Waals surface area (Å²) in [6.45, 7) is 0. The monoisotopic (exact) mass is 161 g/mol. The van der Waals surface area contributed by atoms with Gasteiger partial charge in [-0.1, -0.05) is 0 Å². The second-order valence-corrected chi connectivity index (χ2v) is 3.67. The van der Waals surface area contributed by atoms with Gasteiger partial charge in [-0.2, -0.15) is 0 Å². The van der Waals surface area contributed by atoms with Gasteiger partial charge in [0.1, 0.15) is 0 Å². The molecule has 0 spiro atoms. The Morgan fingerprint density at radius 2 is 1.40 bits per heavy atom. The van der Waals surface area contributed by atoms with Crippen LogP contribution in [0.2, 0.25) is 0 Å². The molecule has 2 heteroatoms. The summed E-state index contributed by atoms with van der Waals surface area (Å²) in [5, 5.41) is 0. The molecule has 0 saturated heterocycles. The minimum Gasteiger partial charge on any atom is -0.328 e. The van der Waals surface area contributed by atoms with Crippen LogP contribution in [0.3, 0.4) is 0 Å². The summed E-state index contributed by atoms with van der Waals surface area (Å²) in [4.78, 5) is 0. The molecule has 10 heavy (non-hydrogen) atoms. The van der Waals surface area contributed by atoms with Gasteiger partial charge >= 0.3 is 0 Å². The predicted octanol–water partition coefficient (Wildman–Crippen LogP) is 1.95. The molecular weight excluding hydrogens is 146 g/mol. The first-order chi connectivity index (χ1) is 4.36. The van der Waals surface area contributed by atoms with Crippen molar-refractivity contribution in [2.45, 2.75) is 38.1 Å². The molecule has 2 unspecified atom stereocenters. The van der Waals surface area contributed by atoms with E-state index in [1.807, 2.05) is 0 Å². The molecule has 0 aromatic rings. The van der Waals surface area contributed by atoms with Crippen molar-refractivity contribution in [3.8, 4) is 0 Å². The van der Waals surface area contributed by atoms with Gasteiger partial charge in [0, 0.05) is 6.04 Å². The number of rotatable bonds is 0. The Balaban J connectivity index is 0.000000500. The summed E-state index contributed by atoms with van der Waals surface area (Å²) >= 11 is 0. The maximum absolute atomic E-state index is 5.82. The highest BCUT2D eigenvalue weighted by Crippen LogP contribution is 2.47. The van der Waals surface area contributed by atoms with Crippen molar-refractivity contribution in [3.05, 3.63) is 0 Å². The minimum atomic E-state index is 0. The van der Waals surface area contributed by atoms with Crippen LogP contribution >= 0.6 is 12.4 Å². The van der Waals surface area contributed by atoms with Gasteiger partial charge in [0.2, 0.25) is 0 Å². The van der Waals surface area contributed by atoms with Crippen molar-refractivity contribution in [1.29, 1.82) is 0 Å². The van der Waals surface area contributed by atoms with Gasteiger partial charge in [0.25, 0.3) is 0 Å². The third-order valence-corrected chi connectivity index (χ3v) is 2.89. The predicted molar refractivity (Wildman–Crippen MR) is 45.3 cm³/mol. The molecule has 2 saturated carbocycles. The summed E-state index contributed by atoms with van der Waals surface area (Å²) in [6.07, 6.45) is 6.95. The first-order valence-electron chi connectivity index (χ1n) is 4.12. The lowest BCUT2D eigenvalue weighted by Crippen LogP contribution is -2.18. The van der Waals surface area contributed by atoms with Gasteiger partial charge in [-0.15, -0.1) is 12.4 Å². The Morgan fingerprint density at radius 3 is 1.90 bits per heavy atom. The lowest BCUT2D eigenvalue weighted by Gasteiger charge is -2.05. The lowest BCUT2D eigenvalue weighted by molar-refractivity contribution is 0.549. The van der Waals surface area contributed by atoms with E-state index in [9.17, 15) is 0 Å². The smallest absolute Gasteiger partial charge is 0.00390 e. The third kappa shape index (κ3) is 1.64. The van der Waals surface area contributed by atoms with Crippen molar-refractivity contribution in [2.75, 3.05) is 0 Å². The van der Waals surface area contributed by atoms with Crippen molar-refractivity contribution in [3.63, 3.8) is 0 Å². The van der Waals surface area contributed by atoms with Crippen LogP contribution in [0.4, 0.5) is 0 Å². The van der Waals surface area contributed by atoms with Crippen LogP contribution in [0.5, 0.6) is 0 Å². The zero-order chi connectivity index (χ0) is 6.27. The Bertz CT molecular complexity index is 99.8. The molecule has 2 aliphatic carbocycles. The van der Waals surface area contributed by atoms with Crippen LogP contribution in [0, 0.1) is 11.8 Å². The molecule has 60 valence electrons. The van der Waals surface area contributed by atoms with Gasteiger partial charge in [0.15, 0.2) is 0 Å². The second kappa shape index (κ2) is 3.10. The molecule has 0 amide bonds. The number of hydrogen-bond acceptors (Lipinski definition) is 1. The quantitative estimate of drug-likeness (QED) is 0.578. The van der Waals surface area contributed by atoms with E-state index in [1.54, 1.807) is 0 Å². The molecular formula is C8H16ClN. The first kappa shape index (κ1) is 8.35. The zero-order valence-corrected chi connectivity index (χ0v) is 7.07. The SMILES string of the molecule is Cl.NC1CCC2CC2CC1. The maximum Gasteiger partial charge on any atom is 0.00390 e. The summed E-state index contributed by atoms with van der Waals surface area (Å²) in [5.41, 5.74) is 5.82. The highest BCUT2D eigenvalue weighted by atomic mass is 35.5. The molecule has 1 nitrogen and oxygen atoms in total. The molecule has 0 aromatic heterocycles. The van der Waals surface area contributed by atoms with Crippen molar-refractivity contribution in [2.24, 2.45) is 17.6 Å². The molecule has 0 heterocycles. The van der Waals surface area contributed by atoms with Crippen LogP contribution in [-0.4, -0.2) is 6.04 Å². The van der Waals surface area contributed by atoms with Crippen LogP contribution in [0.1, 0.15) is 32.1 Å². The Hall–Kier alpha value is 0.250. The summed E-state index contributed by atoms with van der Waals surface area (Å²) < 4.78 is 0. The number of halogens is 1. The van der Waals surface area contributed by atoms with Gasteiger partial charge in [-0.25, -0.2) is 0 Å². The van der Waals surface area contributed by atoms with Gasteiger partial charge in [-0.3, -0.25) is 0 Å². The van der Waals surface area contributed by atoms with E-state index in [-0.39, 0.29) is 12.4 Å². The summed E-state index contributed by atoms with van der Waals surface area (Å²) in [5.74, 6) is 2.19. The summed E-state index contributed by atoms with van der Waals surface area (Å²) in [6, 6.07) is 0.540. The first-order valence-corrected chi connectivity index (χ1v) is 4.12. The van der Waals surface area contributed by atoms with Gasteiger partial charge < -0.3 is 5.73 Å². The fraction of sp³-hybridized carbons (Fsp3) is 1.00. The summed E-state index contributed by atoms with van der Waals surface area (Å²) in [7, 11) is 0. The Kier molecular flexibility index (Phi) is 2.59. The normalized spacial score (nSPS) is 44.7. The van der Waals surface area contributed by atoms with Gasteiger partial charge in [0.05, 0.1) is 0 Å². The number of fused-ring (bicyclic) bond motifs is 1. The van der Waals surface area contributed by atoms with E-state index >= 15 is 0 Å². The average Bonchev–Trinajstić information content (AvgIpc) is 2.54. The molecule has 2 atom stereocenters. The van der Waals surface area contributed by atoms with E-state index in [0.29, 0.717) is 6.04 Å². The molecule has 2 aliphatic rings. The fourth-order valence-electron chi connectivity index (χ4n) is 2.02. The van der Waals surface area contributed by atoms with Crippen molar-refractivity contribution >= 4 is 12.4 Å². The lowest BCUT2D eigenvalue weighted by atomic mass is 10.1. The molecule has 0 radical (unpaired) electrons. The third-order valence-electron chi connectivity index (χ3n) is 2.89. The molecule has 0 aliphatic heterocycles. The number of hydrogen-bond donors (Lipinski definition) is 1. The molecule has 2 N–H and O–H groups in total. The highest BCUT2D eigenvalue weighted by Gasteiger charge is 2.38. The topological polar surface area (TPSA) is 26.0 Å². The van der Waals surface area contributed by atoms with E-state index in [0.717, 1.165) is 11.8 Å². The van der Waals surface area contributed by atoms with Crippen molar-refractivity contribution < 1.29 is 0 Å². The van der Waals surface area contributed by atoms with Crippen LogP contribution in [0.25, 0.3) is 0 Å².